The van der Waals surface area contributed by atoms with Crippen LogP contribution in [0.2, 0.25) is 5.02 Å². The van der Waals surface area contributed by atoms with Crippen molar-refractivity contribution in [2.75, 3.05) is 5.32 Å². The first-order valence-electron chi connectivity index (χ1n) is 9.75. The highest BCUT2D eigenvalue weighted by Gasteiger charge is 2.05. The van der Waals surface area contributed by atoms with Crippen molar-refractivity contribution in [3.63, 3.8) is 0 Å². The number of amides is 1. The molecule has 1 aromatic heterocycles. The molecular formula is C25H19ClN4O2. The van der Waals surface area contributed by atoms with Gasteiger partial charge in [0.1, 0.15) is 5.84 Å². The van der Waals surface area contributed by atoms with E-state index >= 15 is 0 Å². The first-order valence-corrected chi connectivity index (χ1v) is 10.1. The number of amidine groups is 1. The number of benzene rings is 3. The number of rotatable bonds is 6. The summed E-state index contributed by atoms with van der Waals surface area (Å²) in [7, 11) is 0. The van der Waals surface area contributed by atoms with Crippen LogP contribution < -0.4 is 11.1 Å². The zero-order valence-corrected chi connectivity index (χ0v) is 17.7. The molecule has 0 saturated heterocycles. The molecule has 0 bridgehead atoms. The van der Waals surface area contributed by atoms with Gasteiger partial charge in [0.05, 0.1) is 11.9 Å². The van der Waals surface area contributed by atoms with E-state index < -0.39 is 0 Å². The van der Waals surface area contributed by atoms with E-state index in [-0.39, 0.29) is 5.91 Å². The van der Waals surface area contributed by atoms with Gasteiger partial charge < -0.3 is 15.5 Å². The van der Waals surface area contributed by atoms with Gasteiger partial charge in [0.15, 0.2) is 12.2 Å². The Morgan fingerprint density at radius 1 is 1.06 bits per heavy atom. The highest BCUT2D eigenvalue weighted by molar-refractivity contribution is 6.32. The number of nitrogens with zero attached hydrogens (tertiary/aromatic N) is 2. The molecule has 0 radical (unpaired) electrons. The van der Waals surface area contributed by atoms with Crippen LogP contribution in [0.25, 0.3) is 17.4 Å². The number of hydrogen-bond donors (Lipinski definition) is 2. The van der Waals surface area contributed by atoms with Crippen LogP contribution in [0.15, 0.2) is 101 Å². The molecule has 0 spiro atoms. The minimum atomic E-state index is -0.277. The summed E-state index contributed by atoms with van der Waals surface area (Å²) in [5.74, 6) is 0.737. The van der Waals surface area contributed by atoms with Crippen molar-refractivity contribution in [1.29, 1.82) is 0 Å². The summed E-state index contributed by atoms with van der Waals surface area (Å²) >= 11 is 6.11. The lowest BCUT2D eigenvalue weighted by atomic mass is 10.1. The van der Waals surface area contributed by atoms with Gasteiger partial charge in [-0.15, -0.1) is 0 Å². The minimum Gasteiger partial charge on any atom is -0.444 e. The van der Waals surface area contributed by atoms with Gasteiger partial charge in [0, 0.05) is 27.9 Å². The van der Waals surface area contributed by atoms with Gasteiger partial charge in [-0.3, -0.25) is 4.79 Å². The normalized spacial score (nSPS) is 11.6. The molecule has 0 aliphatic carbocycles. The second kappa shape index (κ2) is 9.76. The molecular weight excluding hydrogens is 424 g/mol. The Labute approximate surface area is 190 Å². The summed E-state index contributed by atoms with van der Waals surface area (Å²) in [6.45, 7) is 0. The highest BCUT2D eigenvalue weighted by atomic mass is 35.5. The molecule has 0 saturated carbocycles. The average Bonchev–Trinajstić information content (AvgIpc) is 3.34. The number of halogens is 1. The maximum atomic E-state index is 12.3. The summed E-state index contributed by atoms with van der Waals surface area (Å²) in [5.41, 5.74) is 9.85. The Balaban J connectivity index is 1.45. The number of nitrogens with two attached hydrogens (primary N) is 1. The molecule has 3 aromatic carbocycles. The van der Waals surface area contributed by atoms with E-state index in [9.17, 15) is 4.79 Å². The fraction of sp³-hybridized carbons (Fsp3) is 0. The second-order valence-electron chi connectivity index (χ2n) is 6.83. The Morgan fingerprint density at radius 2 is 1.88 bits per heavy atom. The quantitative estimate of drug-likeness (QED) is 0.228. The summed E-state index contributed by atoms with van der Waals surface area (Å²) in [6.07, 6.45) is 6.13. The van der Waals surface area contributed by atoms with Crippen LogP contribution in [0.1, 0.15) is 11.1 Å². The number of hydrogen-bond acceptors (Lipinski definition) is 4. The molecule has 4 rings (SSSR count). The van der Waals surface area contributed by atoms with Crippen molar-refractivity contribution in [1.82, 2.24) is 4.98 Å². The lowest BCUT2D eigenvalue weighted by molar-refractivity contribution is -0.111. The van der Waals surface area contributed by atoms with Crippen molar-refractivity contribution in [3.05, 3.63) is 108 Å². The smallest absolute Gasteiger partial charge is 0.248 e. The van der Waals surface area contributed by atoms with Crippen LogP contribution in [0, 0.1) is 0 Å². The lowest BCUT2D eigenvalue weighted by Gasteiger charge is -2.06. The molecule has 0 unspecified atom stereocenters. The number of carbonyl (C=O) groups is 1. The first kappa shape index (κ1) is 21.1. The number of aliphatic imine (C=N–C) groups is 1. The van der Waals surface area contributed by atoms with Gasteiger partial charge in [-0.2, -0.15) is 0 Å². The van der Waals surface area contributed by atoms with Gasteiger partial charge in [-0.05, 0) is 54.1 Å². The van der Waals surface area contributed by atoms with Crippen LogP contribution in [-0.4, -0.2) is 16.7 Å². The van der Waals surface area contributed by atoms with Crippen LogP contribution in [0.5, 0.6) is 0 Å². The molecule has 32 heavy (non-hydrogen) atoms. The number of aromatic nitrogens is 1. The summed E-state index contributed by atoms with van der Waals surface area (Å²) in [5, 5.41) is 3.40. The largest absolute Gasteiger partial charge is 0.444 e. The minimum absolute atomic E-state index is 0.277. The predicted octanol–water partition coefficient (Wildman–Crippen LogP) is 5.68. The topological polar surface area (TPSA) is 93.5 Å². The van der Waals surface area contributed by atoms with Gasteiger partial charge >= 0.3 is 0 Å². The second-order valence-corrected chi connectivity index (χ2v) is 7.24. The molecule has 0 atom stereocenters. The van der Waals surface area contributed by atoms with Crippen LogP contribution in [-0.2, 0) is 4.79 Å². The van der Waals surface area contributed by atoms with E-state index in [1.165, 1.54) is 12.5 Å². The van der Waals surface area contributed by atoms with Crippen molar-refractivity contribution in [2.24, 2.45) is 10.7 Å². The fourth-order valence-corrected chi connectivity index (χ4v) is 3.18. The zero-order chi connectivity index (χ0) is 22.3. The third-order valence-corrected chi connectivity index (χ3v) is 4.92. The van der Waals surface area contributed by atoms with Crippen LogP contribution >= 0.6 is 11.6 Å². The Bertz CT molecular complexity index is 1280. The van der Waals surface area contributed by atoms with Gasteiger partial charge in [0.2, 0.25) is 5.91 Å². The molecule has 1 amide bonds. The molecule has 1 heterocycles. The third-order valence-electron chi connectivity index (χ3n) is 4.58. The van der Waals surface area contributed by atoms with Gasteiger partial charge in [0.25, 0.3) is 0 Å². The van der Waals surface area contributed by atoms with Gasteiger partial charge in [-0.1, -0.05) is 41.9 Å². The fourth-order valence-electron chi connectivity index (χ4n) is 2.98. The zero-order valence-electron chi connectivity index (χ0n) is 16.9. The van der Waals surface area contributed by atoms with E-state index in [1.807, 2.05) is 48.5 Å². The maximum Gasteiger partial charge on any atom is 0.248 e. The Morgan fingerprint density at radius 3 is 2.62 bits per heavy atom. The van der Waals surface area contributed by atoms with Crippen molar-refractivity contribution in [2.45, 2.75) is 0 Å². The number of anilines is 1. The third kappa shape index (κ3) is 5.30. The van der Waals surface area contributed by atoms with Crippen molar-refractivity contribution >= 4 is 40.8 Å². The van der Waals surface area contributed by atoms with Crippen molar-refractivity contribution in [3.8, 4) is 11.3 Å². The maximum absolute atomic E-state index is 12.3. The molecule has 0 aliphatic rings. The SMILES string of the molecule is NC(=Nc1ccc(-c2cnco2)cc1)c1cccc(NC(=O)/C=C/c2ccccc2Cl)c1. The molecule has 158 valence electrons. The number of nitrogens with one attached hydrogen (secondary N) is 1. The molecule has 0 aliphatic heterocycles. The molecule has 4 aromatic rings. The van der Waals surface area contributed by atoms with Gasteiger partial charge in [-0.25, -0.2) is 9.98 Å². The van der Waals surface area contributed by atoms with E-state index in [0.717, 1.165) is 11.1 Å². The van der Waals surface area contributed by atoms with E-state index in [4.69, 9.17) is 21.8 Å². The Hall–Kier alpha value is -4.16. The monoisotopic (exact) mass is 442 g/mol. The van der Waals surface area contributed by atoms with E-state index in [1.54, 1.807) is 36.5 Å². The first-order chi connectivity index (χ1) is 15.6. The Kier molecular flexibility index (Phi) is 6.43. The summed E-state index contributed by atoms with van der Waals surface area (Å²) in [4.78, 5) is 20.7. The highest BCUT2D eigenvalue weighted by Crippen LogP contribution is 2.23. The lowest BCUT2D eigenvalue weighted by Crippen LogP contribution is -2.14. The number of carbonyl (C=O) groups excluding carboxylic acids is 1. The molecule has 7 heteroatoms. The predicted molar refractivity (Wildman–Crippen MR) is 128 cm³/mol. The van der Waals surface area contributed by atoms with Crippen LogP contribution in [0.4, 0.5) is 11.4 Å². The summed E-state index contributed by atoms with van der Waals surface area (Å²) < 4.78 is 5.29. The standard InChI is InChI=1S/C25H19ClN4O2/c26-22-7-2-1-4-17(22)10-13-24(31)29-21-6-3-5-19(14-21)25(27)30-20-11-8-18(9-12-20)23-15-28-16-32-23/h1-16H,(H2,27,30)(H,29,31)/b13-10+. The van der Waals surface area contributed by atoms with Crippen molar-refractivity contribution < 1.29 is 9.21 Å². The average molecular weight is 443 g/mol. The molecule has 3 N–H and O–H groups in total. The van der Waals surface area contributed by atoms with E-state index in [2.05, 4.69) is 15.3 Å². The summed E-state index contributed by atoms with van der Waals surface area (Å²) in [6, 6.07) is 21.9. The van der Waals surface area contributed by atoms with E-state index in [0.29, 0.717) is 33.6 Å². The van der Waals surface area contributed by atoms with Crippen LogP contribution in [0.3, 0.4) is 0 Å². The number of oxazole rings is 1. The molecule has 6 nitrogen and oxygen atoms in total. The molecule has 0 fully saturated rings.